The molecule has 3 heteroatoms. The standard InChI is InChI=1S/C26H40Si3/c1-18-11-21-9-8-10-24(23(21)12-18)26-22-14-19-13-20(15-22)17-25(26,16-19)27(2,3)29(6,7)28(26,4)5/h8-10,12,19-20,22H,11,13-17H2,1-7H3. The Balaban J connectivity index is 1.75. The molecule has 4 bridgehead atoms. The van der Waals surface area contributed by atoms with Crippen LogP contribution in [-0.4, -0.2) is 22.3 Å². The van der Waals surface area contributed by atoms with E-state index in [4.69, 9.17) is 0 Å². The summed E-state index contributed by atoms with van der Waals surface area (Å²) in [5.74, 6) is 3.13. The number of rotatable bonds is 1. The quantitative estimate of drug-likeness (QED) is 0.405. The van der Waals surface area contributed by atoms with Crippen molar-refractivity contribution in [1.29, 1.82) is 0 Å². The lowest BCUT2D eigenvalue weighted by Crippen LogP contribution is -2.70. The average molecular weight is 437 g/mol. The number of fused-ring (bicyclic) bond motifs is 1. The number of hydrogen-bond donors (Lipinski definition) is 0. The molecular formula is C26H40Si3. The lowest BCUT2D eigenvalue weighted by molar-refractivity contribution is -0.0178. The molecule has 7 rings (SSSR count). The van der Waals surface area contributed by atoms with Crippen molar-refractivity contribution >= 4 is 28.4 Å². The SMILES string of the molecule is CC1=Cc2c(cccc2C23C4CC5CC(C4)CC2(C5)[Si](C)(C)[Si](C)(C)[Si]3(C)C)C1. The Morgan fingerprint density at radius 2 is 1.52 bits per heavy atom. The zero-order chi connectivity index (χ0) is 20.6. The van der Waals surface area contributed by atoms with Crippen LogP contribution in [0.2, 0.25) is 44.3 Å². The van der Waals surface area contributed by atoms with Gasteiger partial charge in [-0.1, -0.05) is 69.1 Å². The van der Waals surface area contributed by atoms with Gasteiger partial charge in [0, 0.05) is 14.7 Å². The van der Waals surface area contributed by atoms with Crippen LogP contribution >= 0.6 is 0 Å². The van der Waals surface area contributed by atoms with Gasteiger partial charge in [-0.15, -0.1) is 0 Å². The van der Waals surface area contributed by atoms with Crippen LogP contribution in [-0.2, 0) is 11.5 Å². The van der Waals surface area contributed by atoms with Crippen molar-refractivity contribution < 1.29 is 0 Å². The molecule has 0 amide bonds. The second-order valence-electron chi connectivity index (χ2n) is 13.4. The van der Waals surface area contributed by atoms with E-state index in [2.05, 4.69) is 70.5 Å². The van der Waals surface area contributed by atoms with Gasteiger partial charge in [-0.3, -0.25) is 0 Å². The maximum Gasteiger partial charge on any atom is 0.0511 e. The smallest absolute Gasteiger partial charge is 0.0511 e. The van der Waals surface area contributed by atoms with Crippen LogP contribution in [0.3, 0.4) is 0 Å². The van der Waals surface area contributed by atoms with E-state index in [0.29, 0.717) is 10.1 Å². The molecule has 0 radical (unpaired) electrons. The van der Waals surface area contributed by atoms with E-state index in [0.717, 1.165) is 17.8 Å². The summed E-state index contributed by atoms with van der Waals surface area (Å²) >= 11 is 0. The second kappa shape index (κ2) is 5.32. The van der Waals surface area contributed by atoms with Gasteiger partial charge in [-0.25, -0.2) is 0 Å². The summed E-state index contributed by atoms with van der Waals surface area (Å²) in [7, 11) is -4.08. The topological polar surface area (TPSA) is 0 Å². The van der Waals surface area contributed by atoms with Crippen LogP contribution in [0.15, 0.2) is 23.8 Å². The first kappa shape index (κ1) is 19.3. The van der Waals surface area contributed by atoms with Crippen molar-refractivity contribution in [3.63, 3.8) is 0 Å². The van der Waals surface area contributed by atoms with Crippen molar-refractivity contribution in [2.45, 2.75) is 94.8 Å². The highest BCUT2D eigenvalue weighted by Crippen LogP contribution is 2.83. The summed E-state index contributed by atoms with van der Waals surface area (Å²) in [6, 6.07) is 7.56. The second-order valence-corrected chi connectivity index (χ2v) is 41.4. The minimum Gasteiger partial charge on any atom is -0.0731 e. The minimum atomic E-state index is -1.46. The first-order chi connectivity index (χ1) is 13.5. The predicted molar refractivity (Wildman–Crippen MR) is 134 cm³/mol. The third-order valence-electron chi connectivity index (χ3n) is 12.3. The van der Waals surface area contributed by atoms with Crippen molar-refractivity contribution in [3.8, 4) is 0 Å². The zero-order valence-corrected chi connectivity index (χ0v) is 22.8. The lowest BCUT2D eigenvalue weighted by atomic mass is 9.49. The van der Waals surface area contributed by atoms with Crippen LogP contribution in [0.25, 0.3) is 6.08 Å². The Kier molecular flexibility index (Phi) is 3.54. The molecule has 1 aliphatic heterocycles. The molecule has 4 saturated carbocycles. The third-order valence-corrected chi connectivity index (χ3v) is 57.8. The van der Waals surface area contributed by atoms with Crippen LogP contribution in [0, 0.1) is 17.8 Å². The zero-order valence-electron chi connectivity index (χ0n) is 19.8. The molecule has 1 saturated heterocycles. The normalized spacial score (nSPS) is 44.5. The molecule has 0 nitrogen and oxygen atoms in total. The van der Waals surface area contributed by atoms with Gasteiger partial charge >= 0.3 is 0 Å². The Hall–Kier alpha value is -0.389. The highest BCUT2D eigenvalue weighted by molar-refractivity contribution is 7.71. The fourth-order valence-electron chi connectivity index (χ4n) is 10.7. The van der Waals surface area contributed by atoms with Crippen LogP contribution in [0.5, 0.6) is 0 Å². The van der Waals surface area contributed by atoms with Crippen molar-refractivity contribution in [1.82, 2.24) is 0 Å². The maximum atomic E-state index is 2.91. The average Bonchev–Trinajstić information content (AvgIpc) is 3.03. The highest BCUT2D eigenvalue weighted by atomic mass is 29.6. The monoisotopic (exact) mass is 436 g/mol. The minimum absolute atomic E-state index is 0.575. The Bertz CT molecular complexity index is 939. The molecule has 3 atom stereocenters. The first-order valence-corrected chi connectivity index (χ1v) is 23.3. The van der Waals surface area contributed by atoms with Crippen molar-refractivity contribution in [3.05, 3.63) is 40.5 Å². The van der Waals surface area contributed by atoms with Crippen LogP contribution in [0.1, 0.15) is 55.7 Å². The molecule has 1 aromatic rings. The van der Waals surface area contributed by atoms with E-state index in [-0.39, 0.29) is 0 Å². The highest BCUT2D eigenvalue weighted by Gasteiger charge is 2.85. The lowest BCUT2D eigenvalue weighted by Gasteiger charge is -2.71. The van der Waals surface area contributed by atoms with Gasteiger partial charge in [0.2, 0.25) is 0 Å². The molecule has 1 aromatic carbocycles. The molecule has 6 aliphatic rings. The van der Waals surface area contributed by atoms with Gasteiger partial charge in [0.05, 0.1) is 7.59 Å². The molecule has 0 N–H and O–H groups in total. The molecule has 0 aromatic heterocycles. The Labute approximate surface area is 181 Å². The molecule has 3 unspecified atom stereocenters. The molecule has 156 valence electrons. The third kappa shape index (κ3) is 1.79. The van der Waals surface area contributed by atoms with Gasteiger partial charge in [0.1, 0.15) is 0 Å². The van der Waals surface area contributed by atoms with Gasteiger partial charge < -0.3 is 0 Å². The summed E-state index contributed by atoms with van der Waals surface area (Å²) in [4.78, 5) is 0. The van der Waals surface area contributed by atoms with E-state index >= 15 is 0 Å². The first-order valence-electron chi connectivity index (χ1n) is 12.3. The molecular weight excluding hydrogens is 397 g/mol. The number of hydrogen-bond acceptors (Lipinski definition) is 0. The summed E-state index contributed by atoms with van der Waals surface area (Å²) in [5, 5.41) is 1.28. The molecule has 29 heavy (non-hydrogen) atoms. The van der Waals surface area contributed by atoms with Gasteiger partial charge in [-0.2, -0.15) is 0 Å². The van der Waals surface area contributed by atoms with E-state index < -0.39 is 22.3 Å². The molecule has 5 aliphatic carbocycles. The summed E-state index contributed by atoms with van der Waals surface area (Å²) in [6.45, 7) is 19.8. The van der Waals surface area contributed by atoms with Crippen molar-refractivity contribution in [2.24, 2.45) is 17.8 Å². The summed E-state index contributed by atoms with van der Waals surface area (Å²) < 4.78 is 0. The summed E-state index contributed by atoms with van der Waals surface area (Å²) in [6.07, 6.45) is 11.7. The van der Waals surface area contributed by atoms with E-state index in [1.54, 1.807) is 48.8 Å². The summed E-state index contributed by atoms with van der Waals surface area (Å²) in [5.41, 5.74) is 6.82. The number of benzene rings is 1. The number of allylic oxidation sites excluding steroid dienone is 1. The van der Waals surface area contributed by atoms with E-state index in [1.165, 1.54) is 6.42 Å². The van der Waals surface area contributed by atoms with Gasteiger partial charge in [-0.05, 0) is 90.0 Å². The van der Waals surface area contributed by atoms with E-state index in [9.17, 15) is 0 Å². The van der Waals surface area contributed by atoms with Gasteiger partial charge in [0.25, 0.3) is 0 Å². The van der Waals surface area contributed by atoms with E-state index in [1.807, 2.05) is 5.56 Å². The Morgan fingerprint density at radius 3 is 2.17 bits per heavy atom. The van der Waals surface area contributed by atoms with Crippen molar-refractivity contribution in [2.75, 3.05) is 0 Å². The van der Waals surface area contributed by atoms with Crippen LogP contribution < -0.4 is 0 Å². The molecule has 1 heterocycles. The molecule has 5 fully saturated rings. The Morgan fingerprint density at radius 1 is 0.862 bits per heavy atom. The predicted octanol–water partition coefficient (Wildman–Crippen LogP) is 7.30. The van der Waals surface area contributed by atoms with Crippen LogP contribution in [0.4, 0.5) is 0 Å². The molecule has 1 spiro atoms. The fourth-order valence-corrected chi connectivity index (χ4v) is 55.7. The fraction of sp³-hybridized carbons (Fsp3) is 0.692. The van der Waals surface area contributed by atoms with Gasteiger partial charge in [0.15, 0.2) is 0 Å². The largest absolute Gasteiger partial charge is 0.0731 e. The maximum absolute atomic E-state index is 2.91.